The SMILES string of the molecule is CCCCN(C(=O)CCC(=O)N(CCOC)c1c(N)n(CC(C)C)c(=O)[nH]c1=O)c1ccccc1. The largest absolute Gasteiger partial charge is 0.383 e. The molecule has 3 N–H and O–H groups in total. The van der Waals surface area contributed by atoms with Gasteiger partial charge in [-0.3, -0.25) is 23.9 Å². The third kappa shape index (κ3) is 7.54. The van der Waals surface area contributed by atoms with E-state index in [1.165, 1.54) is 16.6 Å². The molecule has 10 nitrogen and oxygen atoms in total. The highest BCUT2D eigenvalue weighted by molar-refractivity contribution is 6.00. The first kappa shape index (κ1) is 27.8. The lowest BCUT2D eigenvalue weighted by Crippen LogP contribution is -2.43. The van der Waals surface area contributed by atoms with E-state index in [0.717, 1.165) is 18.5 Å². The van der Waals surface area contributed by atoms with Crippen molar-refractivity contribution in [2.45, 2.75) is 53.0 Å². The fourth-order valence-corrected chi connectivity index (χ4v) is 3.73. The molecule has 0 saturated carbocycles. The van der Waals surface area contributed by atoms with Gasteiger partial charge in [0.1, 0.15) is 5.82 Å². The summed E-state index contributed by atoms with van der Waals surface area (Å²) in [5.74, 6) is -0.638. The van der Waals surface area contributed by atoms with Gasteiger partial charge >= 0.3 is 5.69 Å². The Morgan fingerprint density at radius 1 is 1.06 bits per heavy atom. The molecule has 2 amide bonds. The average molecular weight is 488 g/mol. The summed E-state index contributed by atoms with van der Waals surface area (Å²) in [6.45, 7) is 6.89. The summed E-state index contributed by atoms with van der Waals surface area (Å²) in [6.07, 6.45) is 1.59. The summed E-state index contributed by atoms with van der Waals surface area (Å²) in [5.41, 5.74) is 5.50. The topological polar surface area (TPSA) is 131 Å². The number of hydrogen-bond donors (Lipinski definition) is 2. The van der Waals surface area contributed by atoms with E-state index >= 15 is 0 Å². The molecular weight excluding hydrogens is 450 g/mol. The third-order valence-electron chi connectivity index (χ3n) is 5.51. The zero-order valence-electron chi connectivity index (χ0n) is 21.1. The van der Waals surface area contributed by atoms with Crippen molar-refractivity contribution in [1.29, 1.82) is 0 Å². The highest BCUT2D eigenvalue weighted by Crippen LogP contribution is 2.20. The molecule has 0 spiro atoms. The van der Waals surface area contributed by atoms with Crippen molar-refractivity contribution in [2.75, 3.05) is 42.3 Å². The van der Waals surface area contributed by atoms with E-state index in [0.29, 0.717) is 6.54 Å². The number of aromatic amines is 1. The van der Waals surface area contributed by atoms with Crippen LogP contribution in [-0.4, -0.2) is 48.2 Å². The van der Waals surface area contributed by atoms with Crippen molar-refractivity contribution in [3.63, 3.8) is 0 Å². The van der Waals surface area contributed by atoms with E-state index in [4.69, 9.17) is 10.5 Å². The number of nitrogen functional groups attached to an aromatic ring is 1. The van der Waals surface area contributed by atoms with Gasteiger partial charge in [-0.2, -0.15) is 0 Å². The smallest absolute Gasteiger partial charge is 0.330 e. The number of benzene rings is 1. The van der Waals surface area contributed by atoms with E-state index < -0.39 is 17.2 Å². The van der Waals surface area contributed by atoms with Crippen LogP contribution in [0.1, 0.15) is 46.5 Å². The Bertz CT molecular complexity index is 1090. The van der Waals surface area contributed by atoms with Crippen LogP contribution in [0.2, 0.25) is 0 Å². The molecule has 1 aromatic heterocycles. The molecule has 2 aromatic rings. The van der Waals surface area contributed by atoms with Gasteiger partial charge in [-0.05, 0) is 24.5 Å². The lowest BCUT2D eigenvalue weighted by molar-refractivity contribution is -0.123. The van der Waals surface area contributed by atoms with E-state index in [2.05, 4.69) is 4.98 Å². The Hall–Kier alpha value is -3.40. The van der Waals surface area contributed by atoms with Gasteiger partial charge in [-0.25, -0.2) is 4.79 Å². The number of carbonyl (C=O) groups is 2. The van der Waals surface area contributed by atoms with Gasteiger partial charge in [0, 0.05) is 45.3 Å². The minimum atomic E-state index is -0.753. The third-order valence-corrected chi connectivity index (χ3v) is 5.51. The van der Waals surface area contributed by atoms with Crippen LogP contribution >= 0.6 is 0 Å². The number of amides is 2. The number of hydrogen-bond acceptors (Lipinski definition) is 6. The Balaban J connectivity index is 2.30. The van der Waals surface area contributed by atoms with Crippen LogP contribution in [0.25, 0.3) is 0 Å². The van der Waals surface area contributed by atoms with Gasteiger partial charge in [0.05, 0.1) is 6.61 Å². The molecule has 0 unspecified atom stereocenters. The summed E-state index contributed by atoms with van der Waals surface area (Å²) in [6, 6.07) is 9.32. The van der Waals surface area contributed by atoms with Crippen LogP contribution in [-0.2, 0) is 20.9 Å². The summed E-state index contributed by atoms with van der Waals surface area (Å²) < 4.78 is 6.37. The normalized spacial score (nSPS) is 11.0. The Morgan fingerprint density at radius 3 is 2.26 bits per heavy atom. The van der Waals surface area contributed by atoms with E-state index in [-0.39, 0.29) is 55.9 Å². The van der Waals surface area contributed by atoms with Gasteiger partial charge in [0.15, 0.2) is 5.69 Å². The molecule has 2 rings (SSSR count). The maximum absolute atomic E-state index is 13.3. The number of ether oxygens (including phenoxy) is 1. The number of aromatic nitrogens is 2. The first-order valence-corrected chi connectivity index (χ1v) is 12.0. The van der Waals surface area contributed by atoms with Crippen LogP contribution in [0.3, 0.4) is 0 Å². The highest BCUT2D eigenvalue weighted by Gasteiger charge is 2.25. The molecule has 35 heavy (non-hydrogen) atoms. The summed E-state index contributed by atoms with van der Waals surface area (Å²) in [4.78, 5) is 56.5. The van der Waals surface area contributed by atoms with E-state index in [9.17, 15) is 19.2 Å². The van der Waals surface area contributed by atoms with Crippen LogP contribution in [0.5, 0.6) is 0 Å². The average Bonchev–Trinajstić information content (AvgIpc) is 2.83. The van der Waals surface area contributed by atoms with E-state index in [1.807, 2.05) is 51.1 Å². The van der Waals surface area contributed by atoms with E-state index in [1.54, 1.807) is 4.90 Å². The number of nitrogens with two attached hydrogens (primary N) is 1. The second kappa shape index (κ2) is 13.5. The highest BCUT2D eigenvalue weighted by atomic mass is 16.5. The van der Waals surface area contributed by atoms with Crippen molar-refractivity contribution < 1.29 is 14.3 Å². The second-order valence-corrected chi connectivity index (χ2v) is 8.77. The van der Waals surface area contributed by atoms with Crippen LogP contribution in [0.4, 0.5) is 17.2 Å². The van der Waals surface area contributed by atoms with Crippen molar-refractivity contribution in [2.24, 2.45) is 5.92 Å². The van der Waals surface area contributed by atoms with Crippen molar-refractivity contribution in [3.8, 4) is 0 Å². The second-order valence-electron chi connectivity index (χ2n) is 8.77. The molecule has 0 fully saturated rings. The standard InChI is InChI=1S/C25H37N5O5/c1-5-6-14-28(19-10-8-7-9-11-19)20(31)12-13-21(32)29(15-16-35-4)22-23(26)30(17-18(2)3)25(34)27-24(22)33/h7-11,18H,5-6,12-17,26H2,1-4H3,(H,27,33,34). The molecule has 0 atom stereocenters. The number of rotatable bonds is 13. The summed E-state index contributed by atoms with van der Waals surface area (Å²) in [5, 5.41) is 0. The maximum atomic E-state index is 13.3. The Kier molecular flexibility index (Phi) is 10.7. The molecular formula is C25H37N5O5. The van der Waals surface area contributed by atoms with Gasteiger partial charge in [0.25, 0.3) is 5.56 Å². The monoisotopic (exact) mass is 487 g/mol. The van der Waals surface area contributed by atoms with Crippen LogP contribution in [0.15, 0.2) is 39.9 Å². The molecule has 0 aliphatic heterocycles. The first-order chi connectivity index (χ1) is 16.7. The zero-order chi connectivity index (χ0) is 26.0. The van der Waals surface area contributed by atoms with Crippen molar-refractivity contribution in [3.05, 3.63) is 51.2 Å². The molecule has 0 radical (unpaired) electrons. The number of methoxy groups -OCH3 is 1. The van der Waals surface area contributed by atoms with Gasteiger partial charge in [-0.1, -0.05) is 45.4 Å². The minimum absolute atomic E-state index is 0.0373. The van der Waals surface area contributed by atoms with Crippen molar-refractivity contribution >= 4 is 29.0 Å². The first-order valence-electron chi connectivity index (χ1n) is 12.0. The molecule has 0 bridgehead atoms. The summed E-state index contributed by atoms with van der Waals surface area (Å²) in [7, 11) is 1.48. The number of carbonyl (C=O) groups excluding carboxylic acids is 2. The maximum Gasteiger partial charge on any atom is 0.330 e. The number of anilines is 3. The molecule has 0 aliphatic carbocycles. The molecule has 1 aromatic carbocycles. The zero-order valence-corrected chi connectivity index (χ0v) is 21.1. The fourth-order valence-electron chi connectivity index (χ4n) is 3.73. The molecule has 0 saturated heterocycles. The minimum Gasteiger partial charge on any atom is -0.383 e. The molecule has 1 heterocycles. The lowest BCUT2D eigenvalue weighted by atomic mass is 10.2. The van der Waals surface area contributed by atoms with Crippen LogP contribution in [0, 0.1) is 5.92 Å². The number of unbranched alkanes of at least 4 members (excludes halogenated alkanes) is 1. The predicted octanol–water partition coefficient (Wildman–Crippen LogP) is 2.37. The number of para-hydroxylation sites is 1. The van der Waals surface area contributed by atoms with Gasteiger partial charge < -0.3 is 20.3 Å². The van der Waals surface area contributed by atoms with Gasteiger partial charge in [-0.15, -0.1) is 0 Å². The predicted molar refractivity (Wildman–Crippen MR) is 138 cm³/mol. The Morgan fingerprint density at radius 2 is 1.69 bits per heavy atom. The number of H-pyrrole nitrogens is 1. The van der Waals surface area contributed by atoms with Crippen molar-refractivity contribution in [1.82, 2.24) is 9.55 Å². The summed E-state index contributed by atoms with van der Waals surface area (Å²) >= 11 is 0. The fraction of sp³-hybridized carbons (Fsp3) is 0.520. The molecule has 0 aliphatic rings. The molecule has 192 valence electrons. The quantitative estimate of drug-likeness (QED) is 0.446. The van der Waals surface area contributed by atoms with Gasteiger partial charge in [0.2, 0.25) is 11.8 Å². The lowest BCUT2D eigenvalue weighted by Gasteiger charge is -2.26. The van der Waals surface area contributed by atoms with Crippen LogP contribution < -0.4 is 26.8 Å². The molecule has 10 heteroatoms. The number of nitrogens with one attached hydrogen (secondary N) is 1. The number of nitrogens with zero attached hydrogens (tertiary/aromatic N) is 3. The Labute approximate surface area is 205 Å².